The third kappa shape index (κ3) is 4.20. The third-order valence-corrected chi connectivity index (χ3v) is 4.92. The van der Waals surface area contributed by atoms with Gasteiger partial charge in [-0.1, -0.05) is 12.1 Å². The van der Waals surface area contributed by atoms with Crippen LogP contribution in [0.15, 0.2) is 24.3 Å². The van der Waals surface area contributed by atoms with E-state index in [1.54, 1.807) is 0 Å². The Kier molecular flexibility index (Phi) is 5.96. The van der Waals surface area contributed by atoms with E-state index in [1.807, 2.05) is 31.2 Å². The third-order valence-electron chi connectivity index (χ3n) is 4.92. The number of nitrogens with zero attached hydrogens (tertiary/aromatic N) is 2. The summed E-state index contributed by atoms with van der Waals surface area (Å²) in [5, 5.41) is 0. The smallest absolute Gasteiger partial charge is 0.222 e. The van der Waals surface area contributed by atoms with Crippen molar-refractivity contribution in [3.63, 3.8) is 0 Å². The lowest BCUT2D eigenvalue weighted by molar-refractivity contribution is -0.130. The Morgan fingerprint density at radius 2 is 1.79 bits per heavy atom. The van der Waals surface area contributed by atoms with Crippen LogP contribution >= 0.6 is 0 Å². The minimum Gasteiger partial charge on any atom is -0.490 e. The zero-order valence-corrected chi connectivity index (χ0v) is 14.6. The zero-order valence-electron chi connectivity index (χ0n) is 14.6. The van der Waals surface area contributed by atoms with Gasteiger partial charge in [-0.05, 0) is 38.3 Å². The van der Waals surface area contributed by atoms with Crippen LogP contribution in [0.1, 0.15) is 32.6 Å². The van der Waals surface area contributed by atoms with E-state index in [0.717, 1.165) is 63.4 Å². The van der Waals surface area contributed by atoms with Crippen molar-refractivity contribution in [1.82, 2.24) is 9.80 Å². The van der Waals surface area contributed by atoms with Gasteiger partial charge >= 0.3 is 0 Å². The van der Waals surface area contributed by atoms with Gasteiger partial charge in [0.2, 0.25) is 5.91 Å². The largest absolute Gasteiger partial charge is 0.490 e. The summed E-state index contributed by atoms with van der Waals surface area (Å²) in [7, 11) is 0. The number of rotatable bonds is 7. The second-order valence-electron chi connectivity index (χ2n) is 6.49. The molecule has 132 valence electrons. The molecule has 2 saturated heterocycles. The highest BCUT2D eigenvalue weighted by atomic mass is 16.5. The molecular weight excluding hydrogens is 304 g/mol. The summed E-state index contributed by atoms with van der Waals surface area (Å²) in [6, 6.07) is 8.28. The highest BCUT2D eigenvalue weighted by Crippen LogP contribution is 2.26. The summed E-state index contributed by atoms with van der Waals surface area (Å²) in [5.41, 5.74) is 0. The van der Waals surface area contributed by atoms with E-state index < -0.39 is 0 Å². The fourth-order valence-electron chi connectivity index (χ4n) is 3.64. The molecule has 0 radical (unpaired) electrons. The average Bonchev–Trinajstić information content (AvgIpc) is 3.03. The number of ether oxygens (including phenoxy) is 2. The first-order chi connectivity index (χ1) is 11.8. The first-order valence-corrected chi connectivity index (χ1v) is 9.14. The first kappa shape index (κ1) is 17.1. The molecule has 0 unspecified atom stereocenters. The number of benzene rings is 1. The maximum Gasteiger partial charge on any atom is 0.222 e. The topological polar surface area (TPSA) is 42.0 Å². The van der Waals surface area contributed by atoms with Crippen LogP contribution < -0.4 is 9.47 Å². The summed E-state index contributed by atoms with van der Waals surface area (Å²) in [5.74, 6) is 1.98. The number of carbonyl (C=O) groups is 1. The molecule has 2 aliphatic rings. The maximum atomic E-state index is 11.8. The van der Waals surface area contributed by atoms with Crippen LogP contribution in [0.5, 0.6) is 11.5 Å². The van der Waals surface area contributed by atoms with Gasteiger partial charge in [-0.25, -0.2) is 0 Å². The molecule has 0 aromatic heterocycles. The minimum absolute atomic E-state index is 0.351. The lowest BCUT2D eigenvalue weighted by atomic mass is 10.0. The van der Waals surface area contributed by atoms with Crippen molar-refractivity contribution in [3.05, 3.63) is 24.3 Å². The van der Waals surface area contributed by atoms with Crippen molar-refractivity contribution in [2.24, 2.45) is 0 Å². The van der Waals surface area contributed by atoms with E-state index in [-0.39, 0.29) is 0 Å². The van der Waals surface area contributed by atoms with Gasteiger partial charge in [-0.2, -0.15) is 0 Å². The molecule has 0 atom stereocenters. The van der Waals surface area contributed by atoms with Crippen molar-refractivity contribution in [1.29, 1.82) is 0 Å². The molecule has 0 spiro atoms. The Labute approximate surface area is 144 Å². The SMILES string of the molecule is CCOc1ccccc1OCCN1CCC(N2CCCC2=O)CC1. The van der Waals surface area contributed by atoms with E-state index in [2.05, 4.69) is 9.80 Å². The molecule has 0 saturated carbocycles. The Hall–Kier alpha value is -1.75. The van der Waals surface area contributed by atoms with Crippen LogP contribution in [0.2, 0.25) is 0 Å². The van der Waals surface area contributed by atoms with Crippen molar-refractivity contribution >= 4 is 5.91 Å². The van der Waals surface area contributed by atoms with Crippen LogP contribution in [0.3, 0.4) is 0 Å². The van der Waals surface area contributed by atoms with Gasteiger partial charge in [-0.3, -0.25) is 9.69 Å². The van der Waals surface area contributed by atoms with Crippen LogP contribution in [-0.4, -0.2) is 61.1 Å². The predicted molar refractivity (Wildman–Crippen MR) is 93.5 cm³/mol. The van der Waals surface area contributed by atoms with Crippen LogP contribution in [0, 0.1) is 0 Å². The summed E-state index contributed by atoms with van der Waals surface area (Å²) in [4.78, 5) is 16.4. The predicted octanol–water partition coefficient (Wildman–Crippen LogP) is 2.55. The lowest BCUT2D eigenvalue weighted by Gasteiger charge is -2.36. The molecule has 2 fully saturated rings. The molecule has 1 amide bonds. The number of amides is 1. The molecule has 1 aromatic carbocycles. The van der Waals surface area contributed by atoms with Gasteiger partial charge in [0.05, 0.1) is 6.61 Å². The fourth-order valence-corrected chi connectivity index (χ4v) is 3.64. The Balaban J connectivity index is 1.40. The Morgan fingerprint density at radius 3 is 2.42 bits per heavy atom. The number of carbonyl (C=O) groups excluding carboxylic acids is 1. The van der Waals surface area contributed by atoms with Gasteiger partial charge in [0, 0.05) is 38.6 Å². The molecule has 2 aliphatic heterocycles. The number of likely N-dealkylation sites (tertiary alicyclic amines) is 2. The van der Waals surface area contributed by atoms with Crippen LogP contribution in [-0.2, 0) is 4.79 Å². The monoisotopic (exact) mass is 332 g/mol. The highest BCUT2D eigenvalue weighted by Gasteiger charge is 2.30. The number of hydrogen-bond donors (Lipinski definition) is 0. The van der Waals surface area contributed by atoms with Crippen LogP contribution in [0.25, 0.3) is 0 Å². The molecule has 5 nitrogen and oxygen atoms in total. The first-order valence-electron chi connectivity index (χ1n) is 9.14. The zero-order chi connectivity index (χ0) is 16.8. The van der Waals surface area contributed by atoms with Gasteiger partial charge in [0.15, 0.2) is 11.5 Å². The highest BCUT2D eigenvalue weighted by molar-refractivity contribution is 5.78. The van der Waals surface area contributed by atoms with Crippen molar-refractivity contribution in [2.75, 3.05) is 39.4 Å². The lowest BCUT2D eigenvalue weighted by Crippen LogP contribution is -2.46. The number of piperidine rings is 1. The van der Waals surface area contributed by atoms with E-state index in [0.29, 0.717) is 25.2 Å². The summed E-state index contributed by atoms with van der Waals surface area (Å²) in [6.45, 7) is 7.25. The molecule has 2 heterocycles. The van der Waals surface area contributed by atoms with Crippen molar-refractivity contribution in [3.8, 4) is 11.5 Å². The van der Waals surface area contributed by atoms with E-state index >= 15 is 0 Å². The Bertz CT molecular complexity index is 541. The van der Waals surface area contributed by atoms with E-state index in [9.17, 15) is 4.79 Å². The van der Waals surface area contributed by atoms with Crippen molar-refractivity contribution in [2.45, 2.75) is 38.6 Å². The molecule has 24 heavy (non-hydrogen) atoms. The molecule has 3 rings (SSSR count). The van der Waals surface area contributed by atoms with Gasteiger partial charge < -0.3 is 14.4 Å². The molecular formula is C19H28N2O3. The standard InChI is InChI=1S/C19H28N2O3/c1-2-23-17-6-3-4-7-18(17)24-15-14-20-12-9-16(10-13-20)21-11-5-8-19(21)22/h3-4,6-7,16H,2,5,8-15H2,1H3. The minimum atomic E-state index is 0.351. The average molecular weight is 332 g/mol. The second kappa shape index (κ2) is 8.38. The normalized spacial score (nSPS) is 19.7. The van der Waals surface area contributed by atoms with Gasteiger partial charge in [0.25, 0.3) is 0 Å². The molecule has 5 heteroatoms. The van der Waals surface area contributed by atoms with Crippen molar-refractivity contribution < 1.29 is 14.3 Å². The summed E-state index contributed by atoms with van der Waals surface area (Å²) in [6.07, 6.45) is 3.95. The number of para-hydroxylation sites is 2. The second-order valence-corrected chi connectivity index (χ2v) is 6.49. The summed E-state index contributed by atoms with van der Waals surface area (Å²) >= 11 is 0. The molecule has 0 aliphatic carbocycles. The Morgan fingerprint density at radius 1 is 1.08 bits per heavy atom. The van der Waals surface area contributed by atoms with E-state index in [4.69, 9.17) is 9.47 Å². The van der Waals surface area contributed by atoms with E-state index in [1.165, 1.54) is 0 Å². The van der Waals surface area contributed by atoms with Crippen LogP contribution in [0.4, 0.5) is 0 Å². The molecule has 0 bridgehead atoms. The number of hydrogen-bond acceptors (Lipinski definition) is 4. The summed E-state index contributed by atoms with van der Waals surface area (Å²) < 4.78 is 11.5. The van der Waals surface area contributed by atoms with Gasteiger partial charge in [0.1, 0.15) is 6.61 Å². The molecule has 1 aromatic rings. The molecule has 0 N–H and O–H groups in total. The quantitative estimate of drug-likeness (QED) is 0.769. The fraction of sp³-hybridized carbons (Fsp3) is 0.632. The van der Waals surface area contributed by atoms with Gasteiger partial charge in [-0.15, -0.1) is 0 Å². The maximum absolute atomic E-state index is 11.8.